The fourth-order valence-corrected chi connectivity index (χ4v) is 2.53. The number of ketones is 1. The van der Waals surface area contributed by atoms with E-state index in [1.165, 1.54) is 5.57 Å². The van der Waals surface area contributed by atoms with Gasteiger partial charge in [-0.25, -0.2) is 0 Å². The molecule has 0 heterocycles. The number of rotatable bonds is 2. The number of carbonyl (C=O) groups is 1. The molecule has 2 aliphatic rings. The molecule has 0 aromatic rings. The number of allylic oxidation sites excluding steroid dienone is 7. The van der Waals surface area contributed by atoms with E-state index in [0.717, 1.165) is 19.3 Å². The first kappa shape index (κ1) is 10.4. The normalized spacial score (nSPS) is 29.3. The van der Waals surface area contributed by atoms with Gasteiger partial charge in [0.2, 0.25) is 0 Å². The highest BCUT2D eigenvalue weighted by molar-refractivity contribution is 6.44. The van der Waals surface area contributed by atoms with Gasteiger partial charge in [0.25, 0.3) is 0 Å². The highest BCUT2D eigenvalue weighted by atomic mass is 35.5. The number of carbonyl (C=O) groups excluding carboxylic acids is 1. The van der Waals surface area contributed by atoms with E-state index in [1.54, 1.807) is 6.08 Å². The zero-order valence-corrected chi connectivity index (χ0v) is 9.26. The van der Waals surface area contributed by atoms with Gasteiger partial charge < -0.3 is 0 Å². The van der Waals surface area contributed by atoms with Crippen LogP contribution in [0.4, 0.5) is 0 Å². The molecule has 0 saturated carbocycles. The molecule has 0 bridgehead atoms. The summed E-state index contributed by atoms with van der Waals surface area (Å²) in [6.07, 6.45) is 12.5. The second kappa shape index (κ2) is 3.82. The third-order valence-electron chi connectivity index (χ3n) is 3.06. The molecule has 0 radical (unpaired) electrons. The topological polar surface area (TPSA) is 17.1 Å². The Morgan fingerprint density at radius 2 is 2.40 bits per heavy atom. The van der Waals surface area contributed by atoms with Gasteiger partial charge in [-0.3, -0.25) is 4.79 Å². The fraction of sp³-hybridized carbons (Fsp3) is 0.308. The Kier molecular flexibility index (Phi) is 2.66. The smallest absolute Gasteiger partial charge is 0.196 e. The van der Waals surface area contributed by atoms with Crippen molar-refractivity contribution in [1.29, 1.82) is 0 Å². The molecule has 0 amide bonds. The molecule has 2 heteroatoms. The van der Waals surface area contributed by atoms with Crippen LogP contribution in [0.1, 0.15) is 19.3 Å². The lowest BCUT2D eigenvalue weighted by Gasteiger charge is -2.27. The van der Waals surface area contributed by atoms with Gasteiger partial charge in [-0.2, -0.15) is 0 Å². The number of halogens is 1. The summed E-state index contributed by atoms with van der Waals surface area (Å²) >= 11 is 5.91. The van der Waals surface area contributed by atoms with Crippen molar-refractivity contribution in [2.24, 2.45) is 5.41 Å². The molecular formula is C13H13ClO. The summed E-state index contributed by atoms with van der Waals surface area (Å²) in [6, 6.07) is 0. The quantitative estimate of drug-likeness (QED) is 0.651. The SMILES string of the molecule is C=CCC1=CCCC12C=CC(=O)C(Cl)=C2. The first-order valence-corrected chi connectivity index (χ1v) is 5.48. The van der Waals surface area contributed by atoms with Gasteiger partial charge in [0.1, 0.15) is 0 Å². The first-order valence-electron chi connectivity index (χ1n) is 5.10. The second-order valence-electron chi connectivity index (χ2n) is 3.99. The fourth-order valence-electron chi connectivity index (χ4n) is 2.27. The van der Waals surface area contributed by atoms with Crippen LogP contribution in [-0.2, 0) is 4.79 Å². The van der Waals surface area contributed by atoms with Gasteiger partial charge in [-0.05, 0) is 31.4 Å². The van der Waals surface area contributed by atoms with Crippen LogP contribution in [0.15, 0.2) is 47.6 Å². The van der Waals surface area contributed by atoms with Crippen LogP contribution in [0.3, 0.4) is 0 Å². The Hall–Kier alpha value is -1.08. The van der Waals surface area contributed by atoms with Gasteiger partial charge in [-0.1, -0.05) is 35.4 Å². The summed E-state index contributed by atoms with van der Waals surface area (Å²) in [5.41, 5.74) is 1.19. The minimum absolute atomic E-state index is 0.0906. The van der Waals surface area contributed by atoms with E-state index < -0.39 is 0 Å². The van der Waals surface area contributed by atoms with E-state index in [0.29, 0.717) is 5.03 Å². The molecule has 15 heavy (non-hydrogen) atoms. The molecule has 1 nitrogen and oxygen atoms in total. The third-order valence-corrected chi connectivity index (χ3v) is 3.36. The van der Waals surface area contributed by atoms with Crippen molar-refractivity contribution in [1.82, 2.24) is 0 Å². The van der Waals surface area contributed by atoms with Crippen molar-refractivity contribution < 1.29 is 4.79 Å². The molecule has 0 N–H and O–H groups in total. The monoisotopic (exact) mass is 220 g/mol. The lowest BCUT2D eigenvalue weighted by atomic mass is 9.77. The molecule has 2 aliphatic carbocycles. The predicted molar refractivity (Wildman–Crippen MR) is 62.6 cm³/mol. The molecule has 0 fully saturated rings. The van der Waals surface area contributed by atoms with E-state index in [1.807, 2.05) is 18.2 Å². The van der Waals surface area contributed by atoms with Gasteiger partial charge in [-0.15, -0.1) is 6.58 Å². The van der Waals surface area contributed by atoms with Gasteiger partial charge in [0, 0.05) is 5.41 Å². The Morgan fingerprint density at radius 3 is 3.07 bits per heavy atom. The largest absolute Gasteiger partial charge is 0.288 e. The first-order chi connectivity index (χ1) is 7.18. The Balaban J connectivity index is 2.36. The van der Waals surface area contributed by atoms with Crippen LogP contribution in [-0.4, -0.2) is 5.78 Å². The van der Waals surface area contributed by atoms with Crippen LogP contribution in [0.5, 0.6) is 0 Å². The highest BCUT2D eigenvalue weighted by Gasteiger charge is 2.35. The zero-order valence-electron chi connectivity index (χ0n) is 8.50. The van der Waals surface area contributed by atoms with E-state index in [4.69, 9.17) is 11.6 Å². The maximum absolute atomic E-state index is 11.3. The van der Waals surface area contributed by atoms with Gasteiger partial charge >= 0.3 is 0 Å². The zero-order chi connectivity index (χ0) is 10.9. The molecule has 2 rings (SSSR count). The standard InChI is InChI=1S/C13H13ClO/c1-2-4-10-5-3-7-13(10)8-6-12(15)11(14)9-13/h2,5-6,8-9H,1,3-4,7H2. The minimum Gasteiger partial charge on any atom is -0.288 e. The summed E-state index contributed by atoms with van der Waals surface area (Å²) in [5, 5.41) is 0.342. The molecule has 78 valence electrons. The minimum atomic E-state index is -0.112. The van der Waals surface area contributed by atoms with Crippen molar-refractivity contribution in [3.05, 3.63) is 47.6 Å². The summed E-state index contributed by atoms with van der Waals surface area (Å²) in [7, 11) is 0. The van der Waals surface area contributed by atoms with E-state index in [-0.39, 0.29) is 11.2 Å². The average molecular weight is 221 g/mol. The van der Waals surface area contributed by atoms with E-state index >= 15 is 0 Å². The molecule has 0 aliphatic heterocycles. The lowest BCUT2D eigenvalue weighted by Crippen LogP contribution is -2.19. The Morgan fingerprint density at radius 1 is 1.60 bits per heavy atom. The molecule has 1 unspecified atom stereocenters. The van der Waals surface area contributed by atoms with Crippen molar-refractivity contribution >= 4 is 17.4 Å². The van der Waals surface area contributed by atoms with Crippen LogP contribution < -0.4 is 0 Å². The van der Waals surface area contributed by atoms with E-state index in [9.17, 15) is 4.79 Å². The second-order valence-corrected chi connectivity index (χ2v) is 4.40. The molecule has 0 aromatic carbocycles. The number of hydrogen-bond donors (Lipinski definition) is 0. The number of hydrogen-bond acceptors (Lipinski definition) is 1. The van der Waals surface area contributed by atoms with Crippen molar-refractivity contribution in [3.8, 4) is 0 Å². The molecule has 1 atom stereocenters. The third kappa shape index (κ3) is 1.72. The summed E-state index contributed by atoms with van der Waals surface area (Å²) in [6.45, 7) is 3.75. The Labute approximate surface area is 94.8 Å². The van der Waals surface area contributed by atoms with Crippen LogP contribution in [0.25, 0.3) is 0 Å². The maximum atomic E-state index is 11.3. The molecule has 1 spiro atoms. The molecule has 0 saturated heterocycles. The van der Waals surface area contributed by atoms with Crippen LogP contribution in [0.2, 0.25) is 0 Å². The molecule has 0 aromatic heterocycles. The van der Waals surface area contributed by atoms with Crippen LogP contribution in [0, 0.1) is 5.41 Å². The predicted octanol–water partition coefficient (Wildman–Crippen LogP) is 3.53. The van der Waals surface area contributed by atoms with Gasteiger partial charge in [0.05, 0.1) is 5.03 Å². The Bertz CT molecular complexity index is 401. The van der Waals surface area contributed by atoms with Crippen molar-refractivity contribution in [2.45, 2.75) is 19.3 Å². The summed E-state index contributed by atoms with van der Waals surface area (Å²) in [4.78, 5) is 11.3. The van der Waals surface area contributed by atoms with Crippen molar-refractivity contribution in [2.75, 3.05) is 0 Å². The highest BCUT2D eigenvalue weighted by Crippen LogP contribution is 2.46. The maximum Gasteiger partial charge on any atom is 0.196 e. The summed E-state index contributed by atoms with van der Waals surface area (Å²) in [5.74, 6) is -0.0906. The van der Waals surface area contributed by atoms with Crippen LogP contribution >= 0.6 is 11.6 Å². The average Bonchev–Trinajstić information content (AvgIpc) is 2.57. The lowest BCUT2D eigenvalue weighted by molar-refractivity contribution is -0.111. The summed E-state index contributed by atoms with van der Waals surface area (Å²) < 4.78 is 0. The molecular weight excluding hydrogens is 208 g/mol. The van der Waals surface area contributed by atoms with E-state index in [2.05, 4.69) is 12.7 Å². The van der Waals surface area contributed by atoms with Crippen molar-refractivity contribution in [3.63, 3.8) is 0 Å². The van der Waals surface area contributed by atoms with Gasteiger partial charge in [0.15, 0.2) is 5.78 Å².